The van der Waals surface area contributed by atoms with Gasteiger partial charge in [-0.15, -0.1) is 11.3 Å². The number of hydrogen-bond donors (Lipinski definition) is 0. The van der Waals surface area contributed by atoms with Crippen LogP contribution in [0.5, 0.6) is 0 Å². The van der Waals surface area contributed by atoms with Crippen LogP contribution in [-0.4, -0.2) is 51.6 Å². The van der Waals surface area contributed by atoms with Gasteiger partial charge in [-0.05, 0) is 31.0 Å². The number of halogens is 2. The smallest absolute Gasteiger partial charge is 0.272 e. The molecule has 154 valence electrons. The van der Waals surface area contributed by atoms with Crippen molar-refractivity contribution in [3.8, 4) is 10.6 Å². The maximum Gasteiger partial charge on any atom is 0.272 e. The molecule has 3 aromatic heterocycles. The first-order valence-electron chi connectivity index (χ1n) is 9.74. The monoisotopic (exact) mass is 428 g/mol. The summed E-state index contributed by atoms with van der Waals surface area (Å²) in [5, 5.41) is 0.405. The van der Waals surface area contributed by atoms with Crippen LogP contribution in [0.4, 0.5) is 20.5 Å². The Morgan fingerprint density at radius 1 is 1.13 bits per heavy atom. The molecule has 7 nitrogen and oxygen atoms in total. The average molecular weight is 428 g/mol. The van der Waals surface area contributed by atoms with E-state index in [2.05, 4.69) is 19.9 Å². The highest BCUT2D eigenvalue weighted by Crippen LogP contribution is 2.34. The Hall–Kier alpha value is -3.01. The van der Waals surface area contributed by atoms with E-state index in [0.29, 0.717) is 53.3 Å². The van der Waals surface area contributed by atoms with Crippen molar-refractivity contribution >= 4 is 29.0 Å². The van der Waals surface area contributed by atoms with Crippen LogP contribution in [0, 0.1) is 5.95 Å². The predicted molar refractivity (Wildman–Crippen MR) is 109 cm³/mol. The van der Waals surface area contributed by atoms with E-state index >= 15 is 0 Å². The maximum atomic E-state index is 14.8. The Bertz CT molecular complexity index is 1090. The number of carbonyl (C=O) groups is 1. The molecule has 3 aromatic rings. The average Bonchev–Trinajstić information content (AvgIpc) is 3.19. The van der Waals surface area contributed by atoms with Crippen molar-refractivity contribution in [3.63, 3.8) is 0 Å². The second-order valence-corrected chi connectivity index (χ2v) is 8.24. The molecule has 0 aromatic carbocycles. The summed E-state index contributed by atoms with van der Waals surface area (Å²) in [6.07, 6.45) is 4.03. The molecule has 0 saturated carbocycles. The summed E-state index contributed by atoms with van der Waals surface area (Å²) in [6, 6.07) is 4.97. The lowest BCUT2D eigenvalue weighted by Gasteiger charge is -2.29. The fourth-order valence-electron chi connectivity index (χ4n) is 3.76. The predicted octanol–water partition coefficient (Wildman–Crippen LogP) is 3.28. The molecule has 0 bridgehead atoms. The number of rotatable bonds is 3. The third kappa shape index (κ3) is 3.41. The zero-order valence-corrected chi connectivity index (χ0v) is 16.8. The molecule has 0 spiro atoms. The van der Waals surface area contributed by atoms with Gasteiger partial charge >= 0.3 is 0 Å². The van der Waals surface area contributed by atoms with Crippen LogP contribution in [-0.2, 0) is 6.42 Å². The van der Waals surface area contributed by atoms with E-state index in [-0.39, 0.29) is 18.0 Å². The van der Waals surface area contributed by atoms with Gasteiger partial charge in [0.05, 0.1) is 17.8 Å². The summed E-state index contributed by atoms with van der Waals surface area (Å²) in [4.78, 5) is 33.4. The number of fused-ring (bicyclic) bond motifs is 1. The first-order chi connectivity index (χ1) is 14.6. The van der Waals surface area contributed by atoms with Crippen LogP contribution >= 0.6 is 11.3 Å². The Balaban J connectivity index is 1.42. The number of piperidine rings is 1. The minimum Gasteiger partial charge on any atom is -0.354 e. The van der Waals surface area contributed by atoms with Gasteiger partial charge in [-0.3, -0.25) is 9.69 Å². The summed E-state index contributed by atoms with van der Waals surface area (Å²) < 4.78 is 28.5. The fraction of sp³-hybridized carbons (Fsp3) is 0.350. The Labute approximate surface area is 175 Å². The van der Waals surface area contributed by atoms with Gasteiger partial charge in [0.15, 0.2) is 0 Å². The fourth-order valence-corrected chi connectivity index (χ4v) is 4.83. The van der Waals surface area contributed by atoms with E-state index in [1.807, 2.05) is 0 Å². The summed E-state index contributed by atoms with van der Waals surface area (Å²) in [5.41, 5.74) is 0.884. The highest BCUT2D eigenvalue weighted by atomic mass is 32.1. The van der Waals surface area contributed by atoms with E-state index in [9.17, 15) is 13.6 Å². The Morgan fingerprint density at radius 3 is 2.73 bits per heavy atom. The molecular weight excluding hydrogens is 410 g/mol. The van der Waals surface area contributed by atoms with E-state index in [4.69, 9.17) is 0 Å². The second-order valence-electron chi connectivity index (χ2n) is 7.24. The second kappa shape index (κ2) is 7.67. The molecule has 0 radical (unpaired) electrons. The van der Waals surface area contributed by atoms with Crippen molar-refractivity contribution in [3.05, 3.63) is 47.1 Å². The van der Waals surface area contributed by atoms with Crippen molar-refractivity contribution in [1.82, 2.24) is 19.9 Å². The lowest BCUT2D eigenvalue weighted by atomic mass is 10.1. The van der Waals surface area contributed by atoms with E-state index in [1.54, 1.807) is 35.5 Å². The molecular formula is C20H18F2N6OS. The van der Waals surface area contributed by atoms with Gasteiger partial charge in [-0.2, -0.15) is 4.39 Å². The van der Waals surface area contributed by atoms with Gasteiger partial charge in [-0.1, -0.05) is 0 Å². The topological polar surface area (TPSA) is 75.1 Å². The van der Waals surface area contributed by atoms with Crippen molar-refractivity contribution in [2.45, 2.75) is 25.4 Å². The molecule has 5 heterocycles. The van der Waals surface area contributed by atoms with Crippen molar-refractivity contribution < 1.29 is 13.6 Å². The van der Waals surface area contributed by atoms with E-state index in [1.165, 1.54) is 4.90 Å². The summed E-state index contributed by atoms with van der Waals surface area (Å²) in [5.74, 6) is -0.148. The molecule has 0 aliphatic carbocycles. The van der Waals surface area contributed by atoms with Crippen LogP contribution in [0.1, 0.15) is 28.2 Å². The van der Waals surface area contributed by atoms with Crippen LogP contribution in [0.3, 0.4) is 0 Å². The number of hydrogen-bond acceptors (Lipinski definition) is 7. The van der Waals surface area contributed by atoms with Crippen LogP contribution in [0.15, 0.2) is 30.6 Å². The van der Waals surface area contributed by atoms with Gasteiger partial charge in [0.2, 0.25) is 11.9 Å². The number of carbonyl (C=O) groups excluding carboxylic acids is 1. The van der Waals surface area contributed by atoms with Gasteiger partial charge in [0, 0.05) is 31.9 Å². The zero-order chi connectivity index (χ0) is 20.7. The lowest BCUT2D eigenvalue weighted by molar-refractivity contribution is 0.0982. The minimum absolute atomic E-state index is 0.225. The number of pyridine rings is 1. The number of aromatic nitrogens is 4. The zero-order valence-electron chi connectivity index (χ0n) is 16.0. The largest absolute Gasteiger partial charge is 0.354 e. The molecule has 1 unspecified atom stereocenters. The van der Waals surface area contributed by atoms with Crippen LogP contribution in [0.25, 0.3) is 10.6 Å². The third-order valence-corrected chi connectivity index (χ3v) is 6.37. The number of alkyl halides is 1. The van der Waals surface area contributed by atoms with E-state index in [0.717, 1.165) is 17.8 Å². The van der Waals surface area contributed by atoms with Crippen molar-refractivity contribution in [2.24, 2.45) is 0 Å². The molecule has 1 fully saturated rings. The summed E-state index contributed by atoms with van der Waals surface area (Å²) in [6.45, 7) is 1.30. The molecule has 1 amide bonds. The van der Waals surface area contributed by atoms with Crippen LogP contribution < -0.4 is 9.80 Å². The SMILES string of the molecule is O=C1c2sc(-c3ccc(N4CCCC(F)C4)nc3F)nc2CCN1c1ncccn1. The molecule has 5 rings (SSSR count). The number of nitrogens with zero attached hydrogens (tertiary/aromatic N) is 6. The van der Waals surface area contributed by atoms with Gasteiger partial charge < -0.3 is 4.90 Å². The van der Waals surface area contributed by atoms with Gasteiger partial charge in [0.1, 0.15) is 21.9 Å². The van der Waals surface area contributed by atoms with Crippen molar-refractivity contribution in [2.75, 3.05) is 29.4 Å². The lowest BCUT2D eigenvalue weighted by Crippen LogP contribution is -2.38. The minimum atomic E-state index is -0.920. The molecule has 1 atom stereocenters. The van der Waals surface area contributed by atoms with E-state index < -0.39 is 12.1 Å². The number of amides is 1. The third-order valence-electron chi connectivity index (χ3n) is 5.25. The molecule has 10 heteroatoms. The first-order valence-corrected chi connectivity index (χ1v) is 10.6. The summed E-state index contributed by atoms with van der Waals surface area (Å²) >= 11 is 1.14. The van der Waals surface area contributed by atoms with Gasteiger partial charge in [0.25, 0.3) is 5.91 Å². The van der Waals surface area contributed by atoms with Crippen molar-refractivity contribution in [1.29, 1.82) is 0 Å². The molecule has 30 heavy (non-hydrogen) atoms. The molecule has 2 aliphatic heterocycles. The molecule has 1 saturated heterocycles. The normalized spacial score (nSPS) is 19.1. The molecule has 2 aliphatic rings. The molecule has 0 N–H and O–H groups in total. The summed E-state index contributed by atoms with van der Waals surface area (Å²) in [7, 11) is 0. The van der Waals surface area contributed by atoms with Crippen LogP contribution in [0.2, 0.25) is 0 Å². The maximum absolute atomic E-state index is 14.8. The number of anilines is 2. The first kappa shape index (κ1) is 19.0. The highest BCUT2D eigenvalue weighted by Gasteiger charge is 2.31. The Morgan fingerprint density at radius 2 is 1.97 bits per heavy atom. The van der Waals surface area contributed by atoms with Gasteiger partial charge in [-0.25, -0.2) is 24.3 Å². The standard InChI is InChI=1S/C20H18F2N6OS/c21-12-3-1-9-27(11-12)15-5-4-13(17(22)26-15)18-25-14-6-10-28(19(29)16(14)30-18)20-23-7-2-8-24-20/h2,4-5,7-8,12H,1,3,6,9-11H2. The Kier molecular flexibility index (Phi) is 4.86. The number of thiazole rings is 1. The quantitative estimate of drug-likeness (QED) is 0.596. The highest BCUT2D eigenvalue weighted by molar-refractivity contribution is 7.17.